The normalized spacial score (nSPS) is 18.4. The van der Waals surface area contributed by atoms with E-state index in [4.69, 9.17) is 4.74 Å². The van der Waals surface area contributed by atoms with Crippen LogP contribution in [0.15, 0.2) is 83.8 Å². The lowest BCUT2D eigenvalue weighted by molar-refractivity contribution is -0.134. The van der Waals surface area contributed by atoms with E-state index in [1.165, 1.54) is 16.4 Å². The molecule has 1 unspecified atom stereocenters. The Morgan fingerprint density at radius 1 is 1.05 bits per heavy atom. The maximum atomic E-state index is 13.7. The van der Waals surface area contributed by atoms with Crippen molar-refractivity contribution in [1.29, 1.82) is 0 Å². The van der Waals surface area contributed by atoms with E-state index in [0.29, 0.717) is 37.2 Å². The molecule has 1 fully saturated rings. The monoisotopic (exact) mass is 524 g/mol. The van der Waals surface area contributed by atoms with Crippen LogP contribution in [0.1, 0.15) is 30.4 Å². The van der Waals surface area contributed by atoms with Gasteiger partial charge in [0.05, 0.1) is 11.5 Å². The maximum absolute atomic E-state index is 13.7. The summed E-state index contributed by atoms with van der Waals surface area (Å²) in [6.07, 6.45) is 1.39. The van der Waals surface area contributed by atoms with E-state index in [1.54, 1.807) is 18.9 Å². The molecule has 1 amide bonds. The highest BCUT2D eigenvalue weighted by molar-refractivity contribution is 7.89. The lowest BCUT2D eigenvalue weighted by atomic mass is 9.78. The number of carbonyl (C=O) groups is 1. The summed E-state index contributed by atoms with van der Waals surface area (Å²) in [6.45, 7) is 2.74. The van der Waals surface area contributed by atoms with Crippen molar-refractivity contribution in [3.05, 3.63) is 95.8 Å². The molecule has 4 rings (SSSR count). The highest BCUT2D eigenvalue weighted by Gasteiger charge is 2.43. The van der Waals surface area contributed by atoms with Gasteiger partial charge in [0.15, 0.2) is 0 Å². The summed E-state index contributed by atoms with van der Waals surface area (Å²) in [5, 5.41) is 0. The summed E-state index contributed by atoms with van der Waals surface area (Å²) in [5.41, 5.74) is 0.667. The number of rotatable bonds is 9. The van der Waals surface area contributed by atoms with E-state index in [-0.39, 0.29) is 30.4 Å². The number of amides is 1. The minimum absolute atomic E-state index is 0.0716. The molecule has 0 N–H and O–H groups in total. The lowest BCUT2D eigenvalue weighted by Gasteiger charge is -2.42. The molecule has 6 nitrogen and oxygen atoms in total. The molecule has 3 aromatic carbocycles. The average molecular weight is 525 g/mol. The minimum atomic E-state index is -3.88. The number of benzene rings is 3. The van der Waals surface area contributed by atoms with Gasteiger partial charge in [0.2, 0.25) is 15.9 Å². The fourth-order valence-electron chi connectivity index (χ4n) is 4.88. The molecule has 0 radical (unpaired) electrons. The van der Waals surface area contributed by atoms with Crippen molar-refractivity contribution in [2.45, 2.75) is 37.6 Å². The number of carbonyl (C=O) groups excluding carboxylic acids is 1. The SMILES string of the molecule is Cc1cc(F)ccc1S(=O)(=O)N1CCCC(COc2ccccc2)(CC(=O)N(C)Cc2ccccc2)C1. The number of halogens is 1. The van der Waals surface area contributed by atoms with Crippen molar-refractivity contribution >= 4 is 15.9 Å². The molecule has 1 aliphatic heterocycles. The molecule has 1 aliphatic rings. The van der Waals surface area contributed by atoms with Gasteiger partial charge >= 0.3 is 0 Å². The van der Waals surface area contributed by atoms with E-state index in [9.17, 15) is 17.6 Å². The van der Waals surface area contributed by atoms with Gasteiger partial charge in [-0.25, -0.2) is 12.8 Å². The first kappa shape index (κ1) is 26.8. The second kappa shape index (κ2) is 11.4. The molecular weight excluding hydrogens is 491 g/mol. The van der Waals surface area contributed by atoms with Crippen LogP contribution in [0.2, 0.25) is 0 Å². The first-order valence-corrected chi connectivity index (χ1v) is 13.8. The predicted octanol–water partition coefficient (Wildman–Crippen LogP) is 5.03. The smallest absolute Gasteiger partial charge is 0.243 e. The van der Waals surface area contributed by atoms with Crippen LogP contribution in [0.3, 0.4) is 0 Å². The Hall–Kier alpha value is -3.23. The number of piperidine rings is 1. The summed E-state index contributed by atoms with van der Waals surface area (Å²) in [7, 11) is -2.12. The Bertz CT molecular complexity index is 1320. The van der Waals surface area contributed by atoms with Crippen LogP contribution < -0.4 is 4.74 Å². The van der Waals surface area contributed by atoms with Crippen molar-refractivity contribution in [2.75, 3.05) is 26.7 Å². The number of hydrogen-bond donors (Lipinski definition) is 0. The van der Waals surface area contributed by atoms with Gasteiger partial charge in [-0.1, -0.05) is 48.5 Å². The van der Waals surface area contributed by atoms with E-state index < -0.39 is 21.3 Å². The number of aryl methyl sites for hydroxylation is 1. The average Bonchev–Trinajstić information content (AvgIpc) is 2.88. The molecular formula is C29H33FN2O4S. The summed E-state index contributed by atoms with van der Waals surface area (Å²) >= 11 is 0. The predicted molar refractivity (Wildman–Crippen MR) is 141 cm³/mol. The molecule has 0 bridgehead atoms. The number of sulfonamides is 1. The van der Waals surface area contributed by atoms with Crippen molar-refractivity contribution in [3.63, 3.8) is 0 Å². The van der Waals surface area contributed by atoms with Gasteiger partial charge in [-0.3, -0.25) is 4.79 Å². The number of hydrogen-bond acceptors (Lipinski definition) is 4. The highest BCUT2D eigenvalue weighted by atomic mass is 32.2. The highest BCUT2D eigenvalue weighted by Crippen LogP contribution is 2.38. The van der Waals surface area contributed by atoms with Crippen LogP contribution in [0.4, 0.5) is 4.39 Å². The number of nitrogens with zero attached hydrogens (tertiary/aromatic N) is 2. The van der Waals surface area contributed by atoms with Crippen LogP contribution in [0.25, 0.3) is 0 Å². The molecule has 8 heteroatoms. The van der Waals surface area contributed by atoms with Gasteiger partial charge in [0.1, 0.15) is 11.6 Å². The van der Waals surface area contributed by atoms with Gasteiger partial charge in [0.25, 0.3) is 0 Å². The molecule has 0 spiro atoms. The molecule has 37 heavy (non-hydrogen) atoms. The van der Waals surface area contributed by atoms with Crippen LogP contribution in [-0.2, 0) is 21.4 Å². The van der Waals surface area contributed by atoms with Crippen molar-refractivity contribution in [3.8, 4) is 5.75 Å². The van der Waals surface area contributed by atoms with E-state index in [2.05, 4.69) is 0 Å². The molecule has 0 aromatic heterocycles. The topological polar surface area (TPSA) is 66.9 Å². The van der Waals surface area contributed by atoms with E-state index in [0.717, 1.165) is 11.6 Å². The van der Waals surface area contributed by atoms with E-state index in [1.807, 2.05) is 60.7 Å². The maximum Gasteiger partial charge on any atom is 0.243 e. The second-order valence-corrected chi connectivity index (χ2v) is 11.8. The Balaban J connectivity index is 1.58. The summed E-state index contributed by atoms with van der Waals surface area (Å²) in [5.74, 6) is 0.117. The van der Waals surface area contributed by atoms with Gasteiger partial charge in [-0.05, 0) is 61.2 Å². The van der Waals surface area contributed by atoms with Gasteiger partial charge < -0.3 is 9.64 Å². The quantitative estimate of drug-likeness (QED) is 0.394. The van der Waals surface area contributed by atoms with Crippen LogP contribution in [0.5, 0.6) is 5.75 Å². The molecule has 1 atom stereocenters. The van der Waals surface area contributed by atoms with Gasteiger partial charge in [-0.15, -0.1) is 0 Å². The Kier molecular flexibility index (Phi) is 8.29. The first-order chi connectivity index (χ1) is 17.7. The molecule has 3 aromatic rings. The van der Waals surface area contributed by atoms with Gasteiger partial charge in [-0.2, -0.15) is 4.31 Å². The minimum Gasteiger partial charge on any atom is -0.493 e. The Morgan fingerprint density at radius 3 is 2.41 bits per heavy atom. The largest absolute Gasteiger partial charge is 0.493 e. The third-order valence-corrected chi connectivity index (χ3v) is 8.89. The molecule has 196 valence electrons. The number of para-hydroxylation sites is 1. The zero-order valence-corrected chi connectivity index (χ0v) is 22.1. The van der Waals surface area contributed by atoms with Crippen molar-refractivity contribution < 1.29 is 22.3 Å². The summed E-state index contributed by atoms with van der Waals surface area (Å²) in [4.78, 5) is 15.2. The van der Waals surface area contributed by atoms with Crippen LogP contribution >= 0.6 is 0 Å². The zero-order valence-electron chi connectivity index (χ0n) is 21.3. The fraction of sp³-hybridized carbons (Fsp3) is 0.345. The van der Waals surface area contributed by atoms with Crippen LogP contribution in [0, 0.1) is 18.2 Å². The first-order valence-electron chi connectivity index (χ1n) is 12.4. The molecule has 0 saturated carbocycles. The molecule has 1 saturated heterocycles. The number of ether oxygens (including phenoxy) is 1. The standard InChI is InChI=1S/C29H33FN2O4S/c1-23-18-25(30)14-15-27(23)37(34,35)32-17-9-16-29(21-32,22-36-26-12-7-4-8-13-26)19-28(33)31(2)20-24-10-5-3-6-11-24/h3-8,10-15,18H,9,16-17,19-22H2,1-2H3. The lowest BCUT2D eigenvalue weighted by Crippen LogP contribution is -2.50. The summed E-state index contributed by atoms with van der Waals surface area (Å²) < 4.78 is 48.4. The van der Waals surface area contributed by atoms with Crippen LogP contribution in [-0.4, -0.2) is 50.3 Å². The fourth-order valence-corrected chi connectivity index (χ4v) is 6.67. The molecule has 1 heterocycles. The third kappa shape index (κ3) is 6.56. The van der Waals surface area contributed by atoms with E-state index >= 15 is 0 Å². The Labute approximate surface area is 218 Å². The second-order valence-electron chi connectivity index (χ2n) is 9.87. The van der Waals surface area contributed by atoms with Crippen molar-refractivity contribution in [2.24, 2.45) is 5.41 Å². The Morgan fingerprint density at radius 2 is 1.73 bits per heavy atom. The summed E-state index contributed by atoms with van der Waals surface area (Å²) in [6, 6.07) is 22.8. The van der Waals surface area contributed by atoms with Crippen molar-refractivity contribution in [1.82, 2.24) is 9.21 Å². The molecule has 0 aliphatic carbocycles. The van der Waals surface area contributed by atoms with Gasteiger partial charge in [0, 0.05) is 38.5 Å². The zero-order chi connectivity index (χ0) is 26.5. The third-order valence-electron chi connectivity index (χ3n) is 6.88.